The van der Waals surface area contributed by atoms with E-state index < -0.39 is 26.8 Å². The van der Waals surface area contributed by atoms with E-state index in [9.17, 15) is 18.0 Å². The number of ether oxygens (including phenoxy) is 2. The van der Waals surface area contributed by atoms with Crippen molar-refractivity contribution in [2.75, 3.05) is 63.8 Å². The van der Waals surface area contributed by atoms with Gasteiger partial charge in [-0.25, -0.2) is 17.9 Å². The normalized spacial score (nSPS) is 29.3. The van der Waals surface area contributed by atoms with Crippen molar-refractivity contribution >= 4 is 39.3 Å². The fourth-order valence-corrected chi connectivity index (χ4v) is 11.3. The minimum atomic E-state index is -3.92. The number of benzene rings is 2. The first kappa shape index (κ1) is 42.1. The SMILES string of the molecule is C[C@@H]1[C@@H](C)CCC[C@@H](CN2CCN3CCN(C(=O)OC(C)(C)C)C[C@@H]3C2)[C@@H]2CC[C@H]2CN2CCCCc3cc(Cl)ccc3COc3ccc(cc32)C(=O)NS1(=O)=O. The number of fused-ring (bicyclic) bond motifs is 4. The van der Waals surface area contributed by atoms with Crippen LogP contribution in [0, 0.1) is 23.7 Å². The van der Waals surface area contributed by atoms with Crippen molar-refractivity contribution < 1.29 is 27.5 Å². The van der Waals surface area contributed by atoms with Crippen LogP contribution in [0.1, 0.15) is 101 Å². The molecule has 13 heteroatoms. The van der Waals surface area contributed by atoms with Crippen LogP contribution in [0.15, 0.2) is 36.4 Å². The summed E-state index contributed by atoms with van der Waals surface area (Å²) in [5, 5.41) is 0.00297. The number of halogens is 1. The van der Waals surface area contributed by atoms with Gasteiger partial charge in [0.05, 0.1) is 10.9 Å². The van der Waals surface area contributed by atoms with E-state index in [1.165, 1.54) is 12.0 Å². The highest BCUT2D eigenvalue weighted by atomic mass is 35.5. The Bertz CT molecular complexity index is 1870. The molecule has 3 fully saturated rings. The zero-order chi connectivity index (χ0) is 40.5. The van der Waals surface area contributed by atoms with E-state index in [1.807, 2.05) is 62.9 Å². The molecule has 314 valence electrons. The van der Waals surface area contributed by atoms with Crippen LogP contribution in [0.4, 0.5) is 10.5 Å². The predicted molar refractivity (Wildman–Crippen MR) is 226 cm³/mol. The van der Waals surface area contributed by atoms with E-state index in [-0.39, 0.29) is 18.1 Å². The number of carbonyl (C=O) groups excluding carboxylic acids is 2. The Morgan fingerprint density at radius 2 is 1.72 bits per heavy atom. The van der Waals surface area contributed by atoms with E-state index >= 15 is 0 Å². The van der Waals surface area contributed by atoms with Crippen molar-refractivity contribution in [3.63, 3.8) is 0 Å². The lowest BCUT2D eigenvalue weighted by Gasteiger charge is -2.50. The largest absolute Gasteiger partial charge is 0.487 e. The van der Waals surface area contributed by atoms with E-state index in [2.05, 4.69) is 19.4 Å². The van der Waals surface area contributed by atoms with Crippen molar-refractivity contribution in [1.29, 1.82) is 0 Å². The van der Waals surface area contributed by atoms with Gasteiger partial charge in [0.2, 0.25) is 10.0 Å². The lowest BCUT2D eigenvalue weighted by Crippen LogP contribution is -2.63. The van der Waals surface area contributed by atoms with Crippen LogP contribution in [-0.4, -0.2) is 111 Å². The summed E-state index contributed by atoms with van der Waals surface area (Å²) in [5.74, 6) is 1.48. The quantitative estimate of drug-likeness (QED) is 0.336. The number of anilines is 1. The predicted octanol–water partition coefficient (Wildman–Crippen LogP) is 7.21. The number of hydrogen-bond acceptors (Lipinski definition) is 9. The molecule has 0 aromatic heterocycles. The summed E-state index contributed by atoms with van der Waals surface area (Å²) >= 11 is 6.42. The number of aryl methyl sites for hydroxylation is 1. The second-order valence-corrected chi connectivity index (χ2v) is 21.0. The molecule has 2 saturated heterocycles. The van der Waals surface area contributed by atoms with Gasteiger partial charge in [0.1, 0.15) is 18.0 Å². The van der Waals surface area contributed by atoms with Crippen LogP contribution in [0.3, 0.4) is 0 Å². The van der Waals surface area contributed by atoms with Crippen LogP contribution in [0.2, 0.25) is 5.02 Å². The zero-order valence-corrected chi connectivity index (χ0v) is 36.3. The summed E-state index contributed by atoms with van der Waals surface area (Å²) in [4.78, 5) is 36.2. The number of rotatable bonds is 2. The number of hydrogen-bond donors (Lipinski definition) is 1. The summed E-state index contributed by atoms with van der Waals surface area (Å²) in [6, 6.07) is 11.6. The molecule has 0 radical (unpaired) electrons. The van der Waals surface area contributed by atoms with Crippen molar-refractivity contribution in [2.45, 2.75) is 109 Å². The number of piperazine rings is 2. The maximum Gasteiger partial charge on any atom is 0.410 e. The van der Waals surface area contributed by atoms with E-state index in [0.29, 0.717) is 48.8 Å². The third-order valence-corrected chi connectivity index (χ3v) is 15.6. The number of nitrogens with zero attached hydrogens (tertiary/aromatic N) is 4. The Morgan fingerprint density at radius 3 is 2.49 bits per heavy atom. The molecule has 57 heavy (non-hydrogen) atoms. The fraction of sp³-hybridized carbons (Fsp3) is 0.682. The van der Waals surface area contributed by atoms with Gasteiger partial charge >= 0.3 is 6.09 Å². The molecule has 2 aromatic rings. The third-order valence-electron chi connectivity index (χ3n) is 13.5. The third kappa shape index (κ3) is 10.2. The highest BCUT2D eigenvalue weighted by Crippen LogP contribution is 2.45. The number of carbonyl (C=O) groups is 2. The van der Waals surface area contributed by atoms with Gasteiger partial charge < -0.3 is 24.2 Å². The Hall–Kier alpha value is -3.06. The highest BCUT2D eigenvalue weighted by Gasteiger charge is 2.41. The van der Waals surface area contributed by atoms with Crippen molar-refractivity contribution in [3.8, 4) is 5.75 Å². The van der Waals surface area contributed by atoms with Gasteiger partial charge in [-0.1, -0.05) is 31.0 Å². The Morgan fingerprint density at radius 1 is 0.912 bits per heavy atom. The summed E-state index contributed by atoms with van der Waals surface area (Å²) in [7, 11) is -3.92. The molecule has 1 N–H and O–H groups in total. The molecule has 11 nitrogen and oxygen atoms in total. The Balaban J connectivity index is 1.15. The maximum absolute atomic E-state index is 13.6. The van der Waals surface area contributed by atoms with Gasteiger partial charge in [0.15, 0.2) is 0 Å². The lowest BCUT2D eigenvalue weighted by molar-refractivity contribution is -0.0225. The van der Waals surface area contributed by atoms with Crippen LogP contribution in [0.25, 0.3) is 0 Å². The van der Waals surface area contributed by atoms with Crippen molar-refractivity contribution in [2.24, 2.45) is 23.7 Å². The fourth-order valence-electron chi connectivity index (χ4n) is 9.78. The van der Waals surface area contributed by atoms with Gasteiger partial charge in [-0.15, -0.1) is 0 Å². The maximum atomic E-state index is 13.6. The molecule has 0 spiro atoms. The molecular formula is C44H64ClN5O6S. The second-order valence-electron chi connectivity index (χ2n) is 18.5. The number of nitrogens with one attached hydrogen (secondary N) is 1. The average molecular weight is 827 g/mol. The van der Waals surface area contributed by atoms with Crippen LogP contribution < -0.4 is 14.4 Å². The van der Waals surface area contributed by atoms with E-state index in [0.717, 1.165) is 107 Å². The van der Waals surface area contributed by atoms with Gasteiger partial charge in [-0.05, 0) is 138 Å². The topological polar surface area (TPSA) is 112 Å². The minimum Gasteiger partial charge on any atom is -0.487 e. The Labute approximate surface area is 345 Å². The van der Waals surface area contributed by atoms with E-state index in [4.69, 9.17) is 21.1 Å². The molecule has 4 heterocycles. The van der Waals surface area contributed by atoms with Crippen LogP contribution in [0.5, 0.6) is 5.75 Å². The molecule has 7 rings (SSSR count). The molecule has 0 unspecified atom stereocenters. The molecule has 2 aromatic carbocycles. The second kappa shape index (κ2) is 17.7. The summed E-state index contributed by atoms with van der Waals surface area (Å²) < 4.78 is 42.0. The summed E-state index contributed by atoms with van der Waals surface area (Å²) in [6.45, 7) is 17.7. The molecule has 6 atom stereocenters. The summed E-state index contributed by atoms with van der Waals surface area (Å²) in [6.07, 6.45) is 7.71. The highest BCUT2D eigenvalue weighted by molar-refractivity contribution is 7.90. The van der Waals surface area contributed by atoms with E-state index in [1.54, 1.807) is 13.0 Å². The zero-order valence-electron chi connectivity index (χ0n) is 34.7. The first-order valence-corrected chi connectivity index (χ1v) is 23.4. The Kier molecular flexibility index (Phi) is 13.0. The number of sulfonamides is 1. The molecular weight excluding hydrogens is 762 g/mol. The van der Waals surface area contributed by atoms with Gasteiger partial charge in [-0.3, -0.25) is 9.69 Å². The smallest absolute Gasteiger partial charge is 0.410 e. The minimum absolute atomic E-state index is 0.111. The van der Waals surface area contributed by atoms with Gasteiger partial charge in [0.25, 0.3) is 5.91 Å². The molecule has 1 aliphatic carbocycles. The summed E-state index contributed by atoms with van der Waals surface area (Å²) in [5.41, 5.74) is 2.93. The van der Waals surface area contributed by atoms with Gasteiger partial charge in [0, 0.05) is 75.5 Å². The monoisotopic (exact) mass is 825 g/mol. The molecule has 1 saturated carbocycles. The molecule has 5 aliphatic rings. The first-order chi connectivity index (χ1) is 27.1. The average Bonchev–Trinajstić information content (AvgIpc) is 3.17. The van der Waals surface area contributed by atoms with Crippen LogP contribution >= 0.6 is 11.6 Å². The van der Waals surface area contributed by atoms with Crippen molar-refractivity contribution in [3.05, 3.63) is 58.1 Å². The molecule has 2 bridgehead atoms. The molecule has 4 aliphatic heterocycles. The van der Waals surface area contributed by atoms with Gasteiger partial charge in [-0.2, -0.15) is 0 Å². The van der Waals surface area contributed by atoms with Crippen LogP contribution in [-0.2, 0) is 27.8 Å². The first-order valence-electron chi connectivity index (χ1n) is 21.4. The number of amides is 2. The van der Waals surface area contributed by atoms with Crippen molar-refractivity contribution in [1.82, 2.24) is 19.4 Å². The standard InChI is InChI=1S/C44H64ClN5O6S/c1-30-9-8-11-34(25-47-19-20-48-21-22-50(28-38(48)27-47)43(52)56-44(3,4)5)39-16-13-35(39)26-49-18-7-6-10-32-23-37(45)15-12-36(32)29-55-41-17-14-33(24-40(41)49)42(51)46-57(53,54)31(30)2/h12,14-15,17,23-24,30-31,34-35,38-39H,6-11,13,16,18-22,25-29H2,1-5H3,(H,46,51)/t30-,31+,34-,35-,38-,39-/m0/s1. The lowest BCUT2D eigenvalue weighted by atomic mass is 9.65. The molecule has 2 amide bonds.